The standard InChI is InChI=1S/C28H33AtN4O.C10H12O2.C3H8/c30-29(31-25-15-5-2-6-16-25,26(34)17-7-12-22-10-3-1-4-11-22)32-20-8-13-23-18-19-24-14-9-21-33(29)28(24)27(23)32;11-10(12)8-4-7-9-5-2-1-3-6-9;1-3-2/h1,3-4,8-11,13-14,18-21,25,31H,2,5-7,12,15-17,30H2;1-3,5-6H,4,7-8H2,(H,11,12);3H2,1-2H3/q+2;;. The molecule has 7 rings (SSSR count). The van der Waals surface area contributed by atoms with Gasteiger partial charge in [-0.15, -0.1) is 0 Å². The van der Waals surface area contributed by atoms with Gasteiger partial charge in [0.1, 0.15) is 0 Å². The van der Waals surface area contributed by atoms with Crippen molar-refractivity contribution in [3.8, 4) is 0 Å². The van der Waals surface area contributed by atoms with Crippen molar-refractivity contribution in [3.63, 3.8) is 0 Å². The van der Waals surface area contributed by atoms with Gasteiger partial charge in [0.2, 0.25) is 0 Å². The number of hydrogen-bond acceptors (Lipinski definition) is 4. The van der Waals surface area contributed by atoms with Gasteiger partial charge in [-0.2, -0.15) is 0 Å². The molecule has 260 valence electrons. The van der Waals surface area contributed by atoms with Gasteiger partial charge in [0.15, 0.2) is 0 Å². The molecule has 4 N–H and O–H groups in total. The first-order chi connectivity index (χ1) is 23.8. The molecule has 0 amide bonds. The van der Waals surface area contributed by atoms with E-state index in [0.29, 0.717) is 6.42 Å². The number of benzene rings is 3. The maximum Gasteiger partial charge on any atom is 0.303 e. The summed E-state index contributed by atoms with van der Waals surface area (Å²) in [7, 11) is 0. The van der Waals surface area contributed by atoms with E-state index in [2.05, 4.69) is 95.2 Å². The molecule has 1 aliphatic carbocycles. The van der Waals surface area contributed by atoms with Gasteiger partial charge in [0.25, 0.3) is 0 Å². The molecule has 2 aliphatic rings. The van der Waals surface area contributed by atoms with Crippen molar-refractivity contribution < 1.29 is 39.7 Å². The normalized spacial score (nSPS) is 16.5. The number of aliphatic carboxylic acids is 1. The first-order valence-corrected chi connectivity index (χ1v) is 25.1. The van der Waals surface area contributed by atoms with Crippen LogP contribution in [0.4, 0.5) is 0 Å². The average Bonchev–Trinajstić information content (AvgIpc) is 3.36. The third-order valence-electron chi connectivity index (χ3n) is 9.13. The summed E-state index contributed by atoms with van der Waals surface area (Å²) in [5, 5.41) is 10.7. The second kappa shape index (κ2) is 16.9. The van der Waals surface area contributed by atoms with E-state index in [1.807, 2.05) is 36.4 Å². The molecule has 49 heavy (non-hydrogen) atoms. The molecule has 3 aromatic carbocycles. The zero-order valence-corrected chi connectivity index (χ0v) is 32.0. The number of aromatic nitrogens is 2. The van der Waals surface area contributed by atoms with Crippen LogP contribution in [0.1, 0.15) is 89.2 Å². The Bertz CT molecular complexity index is 1800. The van der Waals surface area contributed by atoms with Crippen LogP contribution in [0.3, 0.4) is 0 Å². The zero-order valence-electron chi connectivity index (χ0n) is 29.1. The summed E-state index contributed by atoms with van der Waals surface area (Å²) in [6.07, 6.45) is 15.2. The second-order valence-corrected chi connectivity index (χ2v) is 25.6. The molecule has 0 bridgehead atoms. The van der Waals surface area contributed by atoms with Gasteiger partial charge in [0.05, 0.1) is 0 Å². The predicted octanol–water partition coefficient (Wildman–Crippen LogP) is 7.57. The van der Waals surface area contributed by atoms with Crippen LogP contribution >= 0.6 is 0 Å². The Balaban J connectivity index is 0.000000262. The molecule has 1 fully saturated rings. The van der Waals surface area contributed by atoms with Gasteiger partial charge in [-0.05, 0) is 18.4 Å². The summed E-state index contributed by atoms with van der Waals surface area (Å²) >= 11 is -5.06. The number of hydrogen-bond donors (Lipinski definition) is 3. The molecular formula is C41H53AtN4O3+2. The van der Waals surface area contributed by atoms with Crippen molar-refractivity contribution in [2.75, 3.05) is 0 Å². The van der Waals surface area contributed by atoms with Gasteiger partial charge in [0, 0.05) is 6.42 Å². The number of carboxylic acid groups (broad SMARTS) is 1. The SMILES string of the molecule is CCC.N[At]1(NC2CCCCC2)(C(=O)CCCc2ccccc2)[n+]2cccc3ccc4ccc[n+]1c4c32.O=C(O)CCCc1ccccc1. The first-order valence-electron chi connectivity index (χ1n) is 17.9. The largest absolute Gasteiger partial charge is 0.481 e. The van der Waals surface area contributed by atoms with E-state index in [-0.39, 0.29) is 16.0 Å². The number of carboxylic acids is 1. The fourth-order valence-corrected chi connectivity index (χ4v) is 21.9. The molecule has 7 nitrogen and oxygen atoms in total. The summed E-state index contributed by atoms with van der Waals surface area (Å²) < 4.78 is 16.4. The number of aryl methyl sites for hydroxylation is 2. The summed E-state index contributed by atoms with van der Waals surface area (Å²) in [5.74, 6) is -0.717. The van der Waals surface area contributed by atoms with Gasteiger partial charge < -0.3 is 5.11 Å². The third kappa shape index (κ3) is 8.09. The van der Waals surface area contributed by atoms with Crippen LogP contribution < -0.4 is 12.0 Å². The van der Waals surface area contributed by atoms with Crippen LogP contribution in [0, 0.1) is 19.9 Å². The Morgan fingerprint density at radius 1 is 0.714 bits per heavy atom. The Kier molecular flexibility index (Phi) is 12.6. The van der Waals surface area contributed by atoms with Crippen LogP contribution in [0.5, 0.6) is 0 Å². The molecule has 2 aromatic heterocycles. The molecule has 0 spiro atoms. The minimum absolute atomic E-state index is 0.210. The smallest absolute Gasteiger partial charge is 0.303 e. The second-order valence-electron chi connectivity index (χ2n) is 13.1. The minimum atomic E-state index is -5.06. The zero-order chi connectivity index (χ0) is 34.7. The van der Waals surface area contributed by atoms with Crippen molar-refractivity contribution in [1.29, 1.82) is 0 Å². The predicted molar refractivity (Wildman–Crippen MR) is 194 cm³/mol. The molecule has 0 atom stereocenters. The number of nitrogens with one attached hydrogen (secondary N) is 1. The average molecular weight is 860 g/mol. The van der Waals surface area contributed by atoms with Gasteiger partial charge in [-0.25, -0.2) is 0 Å². The first kappa shape index (κ1) is 36.7. The van der Waals surface area contributed by atoms with Crippen molar-refractivity contribution >= 4 is 31.3 Å². The number of carbonyl (C=O) groups is 2. The molecular weight excluding hydrogens is 806 g/mol. The van der Waals surface area contributed by atoms with Gasteiger partial charge >= 0.3 is 210 Å². The number of nitrogens with zero attached hydrogens (tertiary/aromatic N) is 2. The number of rotatable bonds is 11. The molecule has 1 saturated carbocycles. The molecule has 0 saturated heterocycles. The van der Waals surface area contributed by atoms with Crippen molar-refractivity contribution in [2.45, 2.75) is 96.9 Å². The maximum atomic E-state index is 14.6. The van der Waals surface area contributed by atoms with Crippen molar-refractivity contribution in [2.24, 2.45) is 3.68 Å². The third-order valence-corrected chi connectivity index (χ3v) is 23.9. The fraction of sp³-hybridized carbons (Fsp3) is 0.366. The van der Waals surface area contributed by atoms with E-state index in [4.69, 9.17) is 8.78 Å². The Labute approximate surface area is 293 Å². The van der Waals surface area contributed by atoms with Crippen LogP contribution in [0.15, 0.2) is 109 Å². The van der Waals surface area contributed by atoms with Crippen LogP contribution in [0.25, 0.3) is 21.8 Å². The molecule has 5 aromatic rings. The number of carbonyl (C=O) groups excluding carboxylic acids is 1. The molecule has 8 heteroatoms. The Morgan fingerprint density at radius 2 is 1.18 bits per heavy atom. The van der Waals surface area contributed by atoms with E-state index in [1.54, 1.807) is 0 Å². The molecule has 0 radical (unpaired) electrons. The quantitative estimate of drug-likeness (QED) is 0.119. The van der Waals surface area contributed by atoms with Crippen LogP contribution in [-0.4, -0.2) is 20.6 Å². The maximum absolute atomic E-state index is 14.6. The number of pyridine rings is 2. The van der Waals surface area contributed by atoms with Gasteiger partial charge in [-0.1, -0.05) is 50.6 Å². The molecule has 3 heterocycles. The van der Waals surface area contributed by atoms with E-state index in [1.165, 1.54) is 36.8 Å². The summed E-state index contributed by atoms with van der Waals surface area (Å²) in [6, 6.07) is 33.3. The molecule has 0 unspecified atom stereocenters. The molecule has 1 aliphatic heterocycles. The van der Waals surface area contributed by atoms with Crippen LogP contribution in [0.2, 0.25) is 0 Å². The Morgan fingerprint density at radius 3 is 1.65 bits per heavy atom. The topological polar surface area (TPSA) is 100 Å². The van der Waals surface area contributed by atoms with Crippen molar-refractivity contribution in [1.82, 2.24) is 3.26 Å². The minimum Gasteiger partial charge on any atom is -0.481 e. The van der Waals surface area contributed by atoms with E-state index >= 15 is 0 Å². The summed E-state index contributed by atoms with van der Waals surface area (Å²) in [5.41, 5.74) is 4.68. The van der Waals surface area contributed by atoms with Gasteiger partial charge in [-0.3, -0.25) is 4.79 Å². The van der Waals surface area contributed by atoms with E-state index < -0.39 is 25.9 Å². The van der Waals surface area contributed by atoms with Crippen LogP contribution in [-0.2, 0) is 22.4 Å². The number of nitrogens with two attached hydrogens (primary N) is 1. The monoisotopic (exact) mass is 859 g/mol. The van der Waals surface area contributed by atoms with Crippen molar-refractivity contribution in [3.05, 3.63) is 121 Å². The van der Waals surface area contributed by atoms with E-state index in [9.17, 15) is 9.59 Å². The Hall–Kier alpha value is -3.58. The summed E-state index contributed by atoms with van der Waals surface area (Å²) in [6.45, 7) is 4.25. The van der Waals surface area contributed by atoms with E-state index in [0.717, 1.165) is 60.3 Å². The summed E-state index contributed by atoms with van der Waals surface area (Å²) in [4.78, 5) is 24.8. The fourth-order valence-electron chi connectivity index (χ4n) is 6.82.